The highest BCUT2D eigenvalue weighted by molar-refractivity contribution is 5.93. The first kappa shape index (κ1) is 13.3. The second-order valence-electron chi connectivity index (χ2n) is 4.48. The molecule has 2 atom stereocenters. The first-order valence-corrected chi connectivity index (χ1v) is 5.83. The van der Waals surface area contributed by atoms with Crippen LogP contribution >= 0.6 is 0 Å². The number of amides is 1. The van der Waals surface area contributed by atoms with E-state index < -0.39 is 17.8 Å². The van der Waals surface area contributed by atoms with E-state index in [-0.39, 0.29) is 12.6 Å². The minimum Gasteiger partial charge on any atom is -0.481 e. The summed E-state index contributed by atoms with van der Waals surface area (Å²) in [7, 11) is 0. The number of nitrogens with two attached hydrogens (primary N) is 1. The van der Waals surface area contributed by atoms with E-state index in [1.807, 2.05) is 0 Å². The Morgan fingerprint density at radius 3 is 2.84 bits per heavy atom. The Balaban J connectivity index is 2.19. The molecule has 19 heavy (non-hydrogen) atoms. The topological polar surface area (TPSA) is 115 Å². The summed E-state index contributed by atoms with van der Waals surface area (Å²) in [5.41, 5.74) is 6.19. The Bertz CT molecular complexity index is 518. The van der Waals surface area contributed by atoms with Gasteiger partial charge < -0.3 is 20.9 Å². The maximum absolute atomic E-state index is 11.2. The van der Waals surface area contributed by atoms with Crippen LogP contribution in [0, 0.1) is 12.8 Å². The van der Waals surface area contributed by atoms with Crippen molar-refractivity contribution in [1.29, 1.82) is 0 Å². The number of carboxylic acid groups (broad SMARTS) is 1. The Hall–Kier alpha value is -2.15. The minimum absolute atomic E-state index is 0.168. The summed E-state index contributed by atoms with van der Waals surface area (Å²) in [6, 6.07) is 2.72. The van der Waals surface area contributed by atoms with Crippen molar-refractivity contribution in [2.45, 2.75) is 13.0 Å². The van der Waals surface area contributed by atoms with E-state index in [4.69, 9.17) is 15.6 Å². The maximum Gasteiger partial charge on any atom is 0.311 e. The largest absolute Gasteiger partial charge is 0.481 e. The van der Waals surface area contributed by atoms with Crippen LogP contribution in [0.3, 0.4) is 0 Å². The quantitative estimate of drug-likeness (QED) is 0.706. The average Bonchev–Trinajstić information content (AvgIpc) is 2.76. The van der Waals surface area contributed by atoms with Gasteiger partial charge in [0.15, 0.2) is 0 Å². The maximum atomic E-state index is 11.2. The van der Waals surface area contributed by atoms with Gasteiger partial charge >= 0.3 is 5.97 Å². The SMILES string of the molecule is Cc1cc(C(N)=O)cc(NC2COCC2C(=O)O)n1. The summed E-state index contributed by atoms with van der Waals surface area (Å²) in [5.74, 6) is -1.67. The van der Waals surface area contributed by atoms with Crippen LogP contribution in [-0.2, 0) is 9.53 Å². The minimum atomic E-state index is -0.919. The van der Waals surface area contributed by atoms with Crippen molar-refractivity contribution in [3.8, 4) is 0 Å². The van der Waals surface area contributed by atoms with Gasteiger partial charge in [-0.1, -0.05) is 0 Å². The van der Waals surface area contributed by atoms with Gasteiger partial charge in [-0.05, 0) is 19.1 Å². The van der Waals surface area contributed by atoms with Gasteiger partial charge in [-0.15, -0.1) is 0 Å². The van der Waals surface area contributed by atoms with Crippen LogP contribution in [-0.4, -0.2) is 41.2 Å². The molecule has 1 aliphatic rings. The molecule has 2 unspecified atom stereocenters. The fourth-order valence-electron chi connectivity index (χ4n) is 2.01. The number of anilines is 1. The molecule has 102 valence electrons. The number of rotatable bonds is 4. The zero-order valence-electron chi connectivity index (χ0n) is 10.4. The van der Waals surface area contributed by atoms with E-state index in [2.05, 4.69) is 10.3 Å². The molecule has 2 rings (SSSR count). The number of primary amides is 1. The van der Waals surface area contributed by atoms with Crippen LogP contribution in [0.25, 0.3) is 0 Å². The Kier molecular flexibility index (Phi) is 3.66. The van der Waals surface area contributed by atoms with Crippen LogP contribution in [0.15, 0.2) is 12.1 Å². The smallest absolute Gasteiger partial charge is 0.311 e. The molecule has 7 heteroatoms. The third kappa shape index (κ3) is 3.00. The predicted molar refractivity (Wildman–Crippen MR) is 66.8 cm³/mol. The number of carbonyl (C=O) groups excluding carboxylic acids is 1. The summed E-state index contributed by atoms with van der Waals surface area (Å²) in [5, 5.41) is 12.0. The van der Waals surface area contributed by atoms with Crippen LogP contribution in [0.4, 0.5) is 5.82 Å². The Labute approximate surface area is 109 Å². The fourth-order valence-corrected chi connectivity index (χ4v) is 2.01. The van der Waals surface area contributed by atoms with Crippen molar-refractivity contribution in [1.82, 2.24) is 4.98 Å². The zero-order chi connectivity index (χ0) is 14.0. The summed E-state index contributed by atoms with van der Waals surface area (Å²) < 4.78 is 5.15. The number of aliphatic carboxylic acids is 1. The molecule has 0 aromatic carbocycles. The number of hydrogen-bond acceptors (Lipinski definition) is 5. The molecule has 7 nitrogen and oxygen atoms in total. The highest BCUT2D eigenvalue weighted by Gasteiger charge is 2.34. The van der Waals surface area contributed by atoms with Crippen molar-refractivity contribution < 1.29 is 19.4 Å². The van der Waals surface area contributed by atoms with Crippen LogP contribution in [0.2, 0.25) is 0 Å². The molecule has 0 aliphatic carbocycles. The fraction of sp³-hybridized carbons (Fsp3) is 0.417. The van der Waals surface area contributed by atoms with Crippen LogP contribution in [0.5, 0.6) is 0 Å². The van der Waals surface area contributed by atoms with Crippen molar-refractivity contribution in [2.24, 2.45) is 11.7 Å². The number of ether oxygens (including phenoxy) is 1. The lowest BCUT2D eigenvalue weighted by molar-refractivity contribution is -0.141. The van der Waals surface area contributed by atoms with Gasteiger partial charge in [0.2, 0.25) is 5.91 Å². The van der Waals surface area contributed by atoms with E-state index in [1.165, 1.54) is 6.07 Å². The molecule has 0 bridgehead atoms. The monoisotopic (exact) mass is 265 g/mol. The number of carbonyl (C=O) groups is 2. The van der Waals surface area contributed by atoms with Gasteiger partial charge in [0.05, 0.1) is 19.3 Å². The molecule has 1 amide bonds. The molecule has 1 saturated heterocycles. The average molecular weight is 265 g/mol. The normalized spacial score (nSPS) is 22.2. The third-order valence-corrected chi connectivity index (χ3v) is 2.97. The molecular weight excluding hydrogens is 250 g/mol. The van der Waals surface area contributed by atoms with E-state index in [1.54, 1.807) is 13.0 Å². The van der Waals surface area contributed by atoms with Gasteiger partial charge in [0, 0.05) is 11.3 Å². The lowest BCUT2D eigenvalue weighted by Gasteiger charge is -2.17. The second-order valence-corrected chi connectivity index (χ2v) is 4.48. The molecule has 1 aromatic heterocycles. The van der Waals surface area contributed by atoms with Crippen molar-refractivity contribution in [3.05, 3.63) is 23.4 Å². The molecule has 0 saturated carbocycles. The Morgan fingerprint density at radius 2 is 2.21 bits per heavy atom. The lowest BCUT2D eigenvalue weighted by Crippen LogP contribution is -2.33. The highest BCUT2D eigenvalue weighted by atomic mass is 16.5. The van der Waals surface area contributed by atoms with Crippen molar-refractivity contribution in [3.63, 3.8) is 0 Å². The lowest BCUT2D eigenvalue weighted by atomic mass is 10.0. The first-order chi connectivity index (χ1) is 8.97. The zero-order valence-corrected chi connectivity index (χ0v) is 10.4. The Morgan fingerprint density at radius 1 is 1.47 bits per heavy atom. The van der Waals surface area contributed by atoms with Crippen molar-refractivity contribution in [2.75, 3.05) is 18.5 Å². The van der Waals surface area contributed by atoms with E-state index >= 15 is 0 Å². The third-order valence-electron chi connectivity index (χ3n) is 2.97. The number of nitrogens with one attached hydrogen (secondary N) is 1. The van der Waals surface area contributed by atoms with Gasteiger partial charge in [0.1, 0.15) is 11.7 Å². The number of hydrogen-bond donors (Lipinski definition) is 3. The molecule has 0 spiro atoms. The number of nitrogens with zero attached hydrogens (tertiary/aromatic N) is 1. The van der Waals surface area contributed by atoms with Gasteiger partial charge in [-0.3, -0.25) is 9.59 Å². The first-order valence-electron chi connectivity index (χ1n) is 5.83. The summed E-state index contributed by atoms with van der Waals surface area (Å²) in [6.45, 7) is 2.19. The van der Waals surface area contributed by atoms with Crippen LogP contribution in [0.1, 0.15) is 16.1 Å². The summed E-state index contributed by atoms with van der Waals surface area (Å²) >= 11 is 0. The standard InChI is InChI=1S/C12H15N3O4/c1-6-2-7(11(13)16)3-10(14-6)15-9-5-19-4-8(9)12(17)18/h2-3,8-9H,4-5H2,1H3,(H2,13,16)(H,14,15)(H,17,18). The van der Waals surface area contributed by atoms with E-state index in [0.29, 0.717) is 23.7 Å². The number of aryl methyl sites for hydroxylation is 1. The van der Waals surface area contributed by atoms with Crippen LogP contribution < -0.4 is 11.1 Å². The van der Waals surface area contributed by atoms with E-state index in [0.717, 1.165) is 0 Å². The van der Waals surface area contributed by atoms with Crippen molar-refractivity contribution >= 4 is 17.7 Å². The number of carboxylic acids is 1. The molecule has 1 fully saturated rings. The number of aromatic nitrogens is 1. The van der Waals surface area contributed by atoms with Gasteiger partial charge in [-0.2, -0.15) is 0 Å². The molecule has 2 heterocycles. The molecule has 1 aliphatic heterocycles. The molecule has 0 radical (unpaired) electrons. The summed E-state index contributed by atoms with van der Waals surface area (Å²) in [6.07, 6.45) is 0. The highest BCUT2D eigenvalue weighted by Crippen LogP contribution is 2.19. The van der Waals surface area contributed by atoms with Gasteiger partial charge in [0.25, 0.3) is 0 Å². The second kappa shape index (κ2) is 5.23. The van der Waals surface area contributed by atoms with E-state index in [9.17, 15) is 9.59 Å². The predicted octanol–water partition coefficient (Wildman–Crippen LogP) is 0.000420. The molecule has 1 aromatic rings. The molecule has 4 N–H and O–H groups in total. The van der Waals surface area contributed by atoms with Gasteiger partial charge in [-0.25, -0.2) is 4.98 Å². The molecular formula is C12H15N3O4. The number of pyridine rings is 1. The summed E-state index contributed by atoms with van der Waals surface area (Å²) in [4.78, 5) is 26.4.